The molecule has 0 aliphatic heterocycles. The summed E-state index contributed by atoms with van der Waals surface area (Å²) in [5.74, 6) is 0.0374. The standard InChI is InChI=1S/C16H20N4O2/c1-11-3-7-13(8-4-11)20-9-14(18-19-20)15(22)17-16(2,10-21)12-5-6-12/h3-4,7-9,12,21H,5-6,10H2,1-2H3,(H,17,22). The smallest absolute Gasteiger partial charge is 0.273 e. The molecule has 1 aliphatic carbocycles. The van der Waals surface area contributed by atoms with E-state index in [-0.39, 0.29) is 18.2 Å². The number of hydrogen-bond acceptors (Lipinski definition) is 4. The van der Waals surface area contributed by atoms with E-state index in [1.807, 2.05) is 38.1 Å². The van der Waals surface area contributed by atoms with E-state index in [0.29, 0.717) is 5.92 Å². The summed E-state index contributed by atoms with van der Waals surface area (Å²) in [5.41, 5.74) is 1.68. The minimum Gasteiger partial charge on any atom is -0.394 e. The summed E-state index contributed by atoms with van der Waals surface area (Å²) >= 11 is 0. The van der Waals surface area contributed by atoms with Gasteiger partial charge in [0.25, 0.3) is 5.91 Å². The van der Waals surface area contributed by atoms with Crippen LogP contribution in [0.2, 0.25) is 0 Å². The molecule has 3 rings (SSSR count). The Hall–Kier alpha value is -2.21. The summed E-state index contributed by atoms with van der Waals surface area (Å²) in [5, 5.41) is 20.4. The van der Waals surface area contributed by atoms with Crippen molar-refractivity contribution in [1.29, 1.82) is 0 Å². The van der Waals surface area contributed by atoms with Crippen LogP contribution in [-0.2, 0) is 0 Å². The fraction of sp³-hybridized carbons (Fsp3) is 0.438. The molecule has 0 radical (unpaired) electrons. The monoisotopic (exact) mass is 300 g/mol. The molecular formula is C16H20N4O2. The molecule has 1 heterocycles. The average Bonchev–Trinajstić information content (AvgIpc) is 3.26. The van der Waals surface area contributed by atoms with Crippen molar-refractivity contribution in [1.82, 2.24) is 20.3 Å². The molecule has 6 heteroatoms. The fourth-order valence-electron chi connectivity index (χ4n) is 2.51. The molecule has 2 aromatic rings. The van der Waals surface area contributed by atoms with Gasteiger partial charge in [-0.1, -0.05) is 22.9 Å². The lowest BCUT2D eigenvalue weighted by molar-refractivity contribution is 0.0819. The number of carbonyl (C=O) groups excluding carboxylic acids is 1. The zero-order valence-electron chi connectivity index (χ0n) is 12.8. The van der Waals surface area contributed by atoms with Gasteiger partial charge in [0.15, 0.2) is 5.69 Å². The van der Waals surface area contributed by atoms with Gasteiger partial charge in [0.1, 0.15) is 0 Å². The van der Waals surface area contributed by atoms with Crippen molar-refractivity contribution in [2.24, 2.45) is 5.92 Å². The number of aromatic nitrogens is 3. The minimum absolute atomic E-state index is 0.0739. The Bertz CT molecular complexity index is 676. The third kappa shape index (κ3) is 2.87. The quantitative estimate of drug-likeness (QED) is 0.876. The molecule has 0 bridgehead atoms. The van der Waals surface area contributed by atoms with Crippen molar-refractivity contribution in [3.63, 3.8) is 0 Å². The maximum atomic E-state index is 12.3. The van der Waals surface area contributed by atoms with E-state index in [9.17, 15) is 9.90 Å². The lowest BCUT2D eigenvalue weighted by Gasteiger charge is -2.28. The number of rotatable bonds is 5. The molecule has 22 heavy (non-hydrogen) atoms. The van der Waals surface area contributed by atoms with E-state index in [2.05, 4.69) is 15.6 Å². The minimum atomic E-state index is -0.579. The highest BCUT2D eigenvalue weighted by molar-refractivity contribution is 5.92. The van der Waals surface area contributed by atoms with Crippen molar-refractivity contribution < 1.29 is 9.90 Å². The van der Waals surface area contributed by atoms with Crippen LogP contribution >= 0.6 is 0 Å². The number of aliphatic hydroxyl groups is 1. The molecule has 2 N–H and O–H groups in total. The molecule has 1 saturated carbocycles. The molecule has 116 valence electrons. The van der Waals surface area contributed by atoms with Gasteiger partial charge in [-0.25, -0.2) is 4.68 Å². The molecule has 1 amide bonds. The van der Waals surface area contributed by atoms with E-state index in [4.69, 9.17) is 0 Å². The predicted molar refractivity (Wildman–Crippen MR) is 81.8 cm³/mol. The van der Waals surface area contributed by atoms with Crippen LogP contribution in [0, 0.1) is 12.8 Å². The maximum Gasteiger partial charge on any atom is 0.273 e. The Kier molecular flexibility index (Phi) is 3.70. The molecule has 0 spiro atoms. The number of aryl methyl sites for hydroxylation is 1. The van der Waals surface area contributed by atoms with Gasteiger partial charge in [0.2, 0.25) is 0 Å². The van der Waals surface area contributed by atoms with E-state index >= 15 is 0 Å². The summed E-state index contributed by atoms with van der Waals surface area (Å²) in [6.07, 6.45) is 3.67. The lowest BCUT2D eigenvalue weighted by Crippen LogP contribution is -2.50. The molecular weight excluding hydrogens is 280 g/mol. The molecule has 1 aromatic carbocycles. The SMILES string of the molecule is Cc1ccc(-n2cc(C(=O)NC(C)(CO)C3CC3)nn2)cc1. The average molecular weight is 300 g/mol. The van der Waals surface area contributed by atoms with Gasteiger partial charge in [-0.3, -0.25) is 4.79 Å². The fourth-order valence-corrected chi connectivity index (χ4v) is 2.51. The molecule has 1 aromatic heterocycles. The third-order valence-corrected chi connectivity index (χ3v) is 4.23. The number of aliphatic hydroxyl groups excluding tert-OH is 1. The molecule has 1 aliphatic rings. The number of amides is 1. The highest BCUT2D eigenvalue weighted by atomic mass is 16.3. The summed E-state index contributed by atoms with van der Waals surface area (Å²) in [6.45, 7) is 3.81. The van der Waals surface area contributed by atoms with Crippen LogP contribution in [-0.4, -0.2) is 38.2 Å². The van der Waals surface area contributed by atoms with Crippen molar-refractivity contribution in [2.45, 2.75) is 32.2 Å². The van der Waals surface area contributed by atoms with Crippen LogP contribution in [0.4, 0.5) is 0 Å². The van der Waals surface area contributed by atoms with Gasteiger partial charge < -0.3 is 10.4 Å². The van der Waals surface area contributed by atoms with E-state index < -0.39 is 5.54 Å². The largest absolute Gasteiger partial charge is 0.394 e. The molecule has 6 nitrogen and oxygen atoms in total. The zero-order valence-corrected chi connectivity index (χ0v) is 12.8. The van der Waals surface area contributed by atoms with Crippen molar-refractivity contribution in [2.75, 3.05) is 6.61 Å². The van der Waals surface area contributed by atoms with Gasteiger partial charge in [-0.05, 0) is 44.7 Å². The molecule has 0 saturated heterocycles. The summed E-state index contributed by atoms with van der Waals surface area (Å²) in [6, 6.07) is 7.81. The third-order valence-electron chi connectivity index (χ3n) is 4.23. The predicted octanol–water partition coefficient (Wildman–Crippen LogP) is 1.47. The number of carbonyl (C=O) groups is 1. The second-order valence-electron chi connectivity index (χ2n) is 6.19. The van der Waals surface area contributed by atoms with Crippen LogP contribution in [0.5, 0.6) is 0 Å². The summed E-state index contributed by atoms with van der Waals surface area (Å²) in [7, 11) is 0. The maximum absolute atomic E-state index is 12.3. The summed E-state index contributed by atoms with van der Waals surface area (Å²) < 4.78 is 1.57. The second-order valence-corrected chi connectivity index (χ2v) is 6.19. The first-order valence-electron chi connectivity index (χ1n) is 7.44. The van der Waals surface area contributed by atoms with Crippen LogP contribution in [0.1, 0.15) is 35.8 Å². The van der Waals surface area contributed by atoms with Gasteiger partial charge in [0.05, 0.1) is 24.0 Å². The summed E-state index contributed by atoms with van der Waals surface area (Å²) in [4.78, 5) is 12.3. The molecule has 1 unspecified atom stereocenters. The van der Waals surface area contributed by atoms with Gasteiger partial charge in [-0.15, -0.1) is 5.10 Å². The van der Waals surface area contributed by atoms with Crippen molar-refractivity contribution >= 4 is 5.91 Å². The Morgan fingerprint density at radius 3 is 2.68 bits per heavy atom. The first kappa shape index (κ1) is 14.7. The normalized spacial score (nSPS) is 17.0. The number of nitrogens with zero attached hydrogens (tertiary/aromatic N) is 3. The van der Waals surface area contributed by atoms with Gasteiger partial charge in [-0.2, -0.15) is 0 Å². The van der Waals surface area contributed by atoms with Crippen LogP contribution in [0.25, 0.3) is 5.69 Å². The Morgan fingerprint density at radius 1 is 1.41 bits per heavy atom. The Morgan fingerprint density at radius 2 is 2.09 bits per heavy atom. The van der Waals surface area contributed by atoms with Gasteiger partial charge in [0, 0.05) is 0 Å². The topological polar surface area (TPSA) is 80.0 Å². The van der Waals surface area contributed by atoms with Crippen molar-refractivity contribution in [3.8, 4) is 5.69 Å². The van der Waals surface area contributed by atoms with E-state index in [0.717, 1.165) is 24.1 Å². The second kappa shape index (κ2) is 5.53. The van der Waals surface area contributed by atoms with E-state index in [1.165, 1.54) is 0 Å². The van der Waals surface area contributed by atoms with Crippen LogP contribution < -0.4 is 5.32 Å². The highest BCUT2D eigenvalue weighted by Crippen LogP contribution is 2.39. The highest BCUT2D eigenvalue weighted by Gasteiger charge is 2.42. The van der Waals surface area contributed by atoms with Crippen molar-refractivity contribution in [3.05, 3.63) is 41.7 Å². The van der Waals surface area contributed by atoms with Crippen LogP contribution in [0.3, 0.4) is 0 Å². The van der Waals surface area contributed by atoms with E-state index in [1.54, 1.807) is 10.9 Å². The molecule has 1 atom stereocenters. The molecule has 1 fully saturated rings. The first-order valence-corrected chi connectivity index (χ1v) is 7.44. The first-order chi connectivity index (χ1) is 10.5. The van der Waals surface area contributed by atoms with Gasteiger partial charge >= 0.3 is 0 Å². The zero-order chi connectivity index (χ0) is 15.7. The lowest BCUT2D eigenvalue weighted by atomic mass is 9.97. The number of nitrogens with one attached hydrogen (secondary N) is 1. The van der Waals surface area contributed by atoms with Crippen LogP contribution in [0.15, 0.2) is 30.5 Å². The Balaban J connectivity index is 1.75. The number of benzene rings is 1. The number of hydrogen-bond donors (Lipinski definition) is 2. The Labute approximate surface area is 129 Å².